The van der Waals surface area contributed by atoms with Gasteiger partial charge in [-0.05, 0) is 98.4 Å². The predicted molar refractivity (Wildman–Crippen MR) is 240 cm³/mol. The highest BCUT2D eigenvalue weighted by molar-refractivity contribution is 6.25. The zero-order valence-electron chi connectivity index (χ0n) is 36.9. The molecule has 3 fully saturated rings. The first kappa shape index (κ1) is 43.6. The van der Waals surface area contributed by atoms with Crippen molar-refractivity contribution >= 4 is 52.7 Å². The van der Waals surface area contributed by atoms with Crippen LogP contribution in [0.25, 0.3) is 5.57 Å². The molecule has 0 aromatic heterocycles. The highest BCUT2D eigenvalue weighted by Crippen LogP contribution is 2.43. The summed E-state index contributed by atoms with van der Waals surface area (Å²) in [4.78, 5) is 80.5. The molecule has 7 aliphatic heterocycles. The van der Waals surface area contributed by atoms with E-state index in [0.29, 0.717) is 47.3 Å². The number of likely N-dealkylation sites (tertiary alicyclic amines) is 1. The molecular formula is C48H59F2N9O5. The zero-order chi connectivity index (χ0) is 44.8. The summed E-state index contributed by atoms with van der Waals surface area (Å²) in [5.41, 5.74) is 12.6. The molecule has 64 heavy (non-hydrogen) atoms. The summed E-state index contributed by atoms with van der Waals surface area (Å²) in [6.07, 6.45) is 8.28. The number of carbonyl (C=O) groups excluding carboxylic acids is 5. The second-order valence-corrected chi connectivity index (χ2v) is 18.5. The Labute approximate surface area is 373 Å². The van der Waals surface area contributed by atoms with Crippen molar-refractivity contribution in [3.05, 3.63) is 75.6 Å². The molecule has 5 amide bonds. The number of benzene rings is 2. The maximum absolute atomic E-state index is 14.7. The van der Waals surface area contributed by atoms with Gasteiger partial charge in [-0.2, -0.15) is 0 Å². The third-order valence-corrected chi connectivity index (χ3v) is 14.8. The van der Waals surface area contributed by atoms with E-state index in [9.17, 15) is 32.8 Å². The van der Waals surface area contributed by atoms with Crippen molar-refractivity contribution in [3.8, 4) is 0 Å². The number of hydrogen-bond acceptors (Lipinski definition) is 11. The molecule has 2 unspecified atom stereocenters. The van der Waals surface area contributed by atoms with E-state index in [4.69, 9.17) is 5.73 Å². The molecule has 3 N–H and O–H groups in total. The molecule has 7 heterocycles. The van der Waals surface area contributed by atoms with Crippen LogP contribution in [0.2, 0.25) is 0 Å². The number of unbranched alkanes of at least 4 members (excludes halogenated alkanes) is 1. The fourth-order valence-corrected chi connectivity index (χ4v) is 11.4. The van der Waals surface area contributed by atoms with E-state index in [-0.39, 0.29) is 30.4 Å². The first-order valence-corrected chi connectivity index (χ1v) is 23.1. The number of nitrogens with one attached hydrogen (secondary N) is 1. The summed E-state index contributed by atoms with van der Waals surface area (Å²) in [5.74, 6) is -1.40. The van der Waals surface area contributed by atoms with Gasteiger partial charge in [0.25, 0.3) is 18.2 Å². The summed E-state index contributed by atoms with van der Waals surface area (Å²) in [6.45, 7) is 9.10. The number of nitrogens with two attached hydrogens (primary N) is 1. The number of rotatable bonds is 12. The second kappa shape index (κ2) is 18.1. The number of alkyl halides is 2. The van der Waals surface area contributed by atoms with Crippen LogP contribution in [-0.2, 0) is 20.8 Å². The molecule has 9 rings (SSSR count). The van der Waals surface area contributed by atoms with Gasteiger partial charge in [-0.25, -0.2) is 8.78 Å². The lowest BCUT2D eigenvalue weighted by atomic mass is 9.90. The van der Waals surface area contributed by atoms with E-state index in [1.54, 1.807) is 32.2 Å². The maximum atomic E-state index is 14.7. The fourth-order valence-electron chi connectivity index (χ4n) is 11.4. The molecular weight excluding hydrogens is 821 g/mol. The Hall–Kier alpha value is -5.64. The smallest absolute Gasteiger partial charge is 0.264 e. The molecule has 0 saturated carbocycles. The average Bonchev–Trinajstić information content (AvgIpc) is 3.78. The van der Waals surface area contributed by atoms with Crippen LogP contribution >= 0.6 is 0 Å². The molecule has 2 atom stereocenters. The van der Waals surface area contributed by atoms with Crippen LogP contribution in [0.3, 0.4) is 0 Å². The van der Waals surface area contributed by atoms with Crippen molar-refractivity contribution in [2.24, 2.45) is 16.6 Å². The predicted octanol–water partition coefficient (Wildman–Crippen LogP) is 4.74. The molecule has 0 aliphatic carbocycles. The van der Waals surface area contributed by atoms with Crippen LogP contribution in [0.5, 0.6) is 0 Å². The molecule has 2 aromatic rings. The van der Waals surface area contributed by atoms with Gasteiger partial charge in [0.2, 0.25) is 17.7 Å². The molecule has 340 valence electrons. The first-order valence-electron chi connectivity index (χ1n) is 23.1. The number of fused-ring (bicyclic) bond motifs is 2. The summed E-state index contributed by atoms with van der Waals surface area (Å²) >= 11 is 0. The van der Waals surface area contributed by atoms with Crippen molar-refractivity contribution < 1.29 is 32.8 Å². The molecule has 3 saturated heterocycles. The Morgan fingerprint density at radius 1 is 0.922 bits per heavy atom. The normalized spacial score (nSPS) is 23.7. The van der Waals surface area contributed by atoms with E-state index in [1.807, 2.05) is 17.0 Å². The Kier molecular flexibility index (Phi) is 12.3. The number of nitrogens with zero attached hydrogens (tertiary/aromatic N) is 7. The highest BCUT2D eigenvalue weighted by Gasteiger charge is 2.47. The monoisotopic (exact) mass is 879 g/mol. The maximum Gasteiger partial charge on any atom is 0.264 e. The van der Waals surface area contributed by atoms with E-state index in [1.165, 1.54) is 23.7 Å². The Balaban J connectivity index is 0.789. The number of amides is 5. The Morgan fingerprint density at radius 2 is 1.72 bits per heavy atom. The molecule has 14 nitrogen and oxygen atoms in total. The number of hydrogen-bond donors (Lipinski definition) is 2. The summed E-state index contributed by atoms with van der Waals surface area (Å²) in [5, 5.41) is 2.26. The molecule has 0 bridgehead atoms. The number of halogens is 2. The van der Waals surface area contributed by atoms with Crippen molar-refractivity contribution in [1.29, 1.82) is 0 Å². The third-order valence-electron chi connectivity index (χ3n) is 14.8. The van der Waals surface area contributed by atoms with Crippen molar-refractivity contribution in [2.45, 2.75) is 95.7 Å². The van der Waals surface area contributed by atoms with Gasteiger partial charge < -0.3 is 30.2 Å². The van der Waals surface area contributed by atoms with Gasteiger partial charge in [0.05, 0.1) is 22.9 Å². The van der Waals surface area contributed by atoms with Crippen LogP contribution < -0.4 is 20.9 Å². The van der Waals surface area contributed by atoms with Gasteiger partial charge in [-0.1, -0.05) is 12.5 Å². The van der Waals surface area contributed by atoms with Gasteiger partial charge in [-0.3, -0.25) is 39.2 Å². The first-order chi connectivity index (χ1) is 30.9. The Bertz CT molecular complexity index is 2320. The van der Waals surface area contributed by atoms with Gasteiger partial charge in [-0.15, -0.1) is 0 Å². The second-order valence-electron chi connectivity index (χ2n) is 18.5. The lowest BCUT2D eigenvalue weighted by Crippen LogP contribution is -2.54. The van der Waals surface area contributed by atoms with E-state index in [0.717, 1.165) is 119 Å². The van der Waals surface area contributed by atoms with Gasteiger partial charge >= 0.3 is 0 Å². The molecule has 16 heteroatoms. The van der Waals surface area contributed by atoms with E-state index < -0.39 is 36.1 Å². The van der Waals surface area contributed by atoms with Crippen LogP contribution in [0.1, 0.15) is 109 Å². The average molecular weight is 880 g/mol. The van der Waals surface area contributed by atoms with Crippen molar-refractivity contribution in [1.82, 2.24) is 24.9 Å². The zero-order valence-corrected chi connectivity index (χ0v) is 36.9. The van der Waals surface area contributed by atoms with Gasteiger partial charge in [0.15, 0.2) is 0 Å². The number of anilines is 2. The van der Waals surface area contributed by atoms with Crippen LogP contribution in [0, 0.1) is 5.92 Å². The van der Waals surface area contributed by atoms with Gasteiger partial charge in [0, 0.05) is 120 Å². The molecule has 0 spiro atoms. The number of allylic oxidation sites excluding steroid dienone is 1. The topological polar surface area (TPSA) is 155 Å². The SMILES string of the molecule is CN=CC(=CN)c1cc2c(cc1C(F)F)N(C1CN(C3CCN(CCCCC4CN(c5cccc6c5C(=O)N(C5CCC(=O)NC5=O)C6=O)C4)CC3)C3=C1CN(C(C)=O)CC3)CCC2. The minimum absolute atomic E-state index is 0.00641. The van der Waals surface area contributed by atoms with E-state index >= 15 is 0 Å². The van der Waals surface area contributed by atoms with Gasteiger partial charge in [0.1, 0.15) is 6.04 Å². The summed E-state index contributed by atoms with van der Waals surface area (Å²) < 4.78 is 29.4. The molecule has 0 radical (unpaired) electrons. The third kappa shape index (κ3) is 8.06. The largest absolute Gasteiger partial charge is 0.404 e. The fraction of sp³-hybridized carbons (Fsp3) is 0.542. The van der Waals surface area contributed by atoms with Crippen molar-refractivity contribution in [2.75, 3.05) is 75.8 Å². The lowest BCUT2D eigenvalue weighted by Gasteiger charge is -2.42. The van der Waals surface area contributed by atoms with Crippen LogP contribution in [0.4, 0.5) is 20.2 Å². The van der Waals surface area contributed by atoms with Crippen molar-refractivity contribution in [3.63, 3.8) is 0 Å². The Morgan fingerprint density at radius 3 is 2.44 bits per heavy atom. The molecule has 7 aliphatic rings. The number of aliphatic imine (C=N–C) groups is 1. The summed E-state index contributed by atoms with van der Waals surface area (Å²) in [6, 6.07) is 8.25. The van der Waals surface area contributed by atoms with E-state index in [2.05, 4.69) is 29.9 Å². The van der Waals surface area contributed by atoms with Crippen LogP contribution in [0.15, 0.2) is 52.8 Å². The van der Waals surface area contributed by atoms with Crippen LogP contribution in [-0.4, -0.2) is 139 Å². The number of piperidine rings is 2. The quantitative estimate of drug-likeness (QED) is 0.174. The number of imide groups is 2. The number of carbonyl (C=O) groups is 5. The summed E-state index contributed by atoms with van der Waals surface area (Å²) in [7, 11) is 1.60. The minimum Gasteiger partial charge on any atom is -0.404 e. The molecule has 2 aromatic carbocycles. The lowest BCUT2D eigenvalue weighted by molar-refractivity contribution is -0.136. The standard InChI is InChI=1S/C48H59F2N9O5/c1-29(60)55-20-15-38-37(27-55)42(57-17-6-8-31-21-35(32(23-51)24-52-2)36(45(49)50)22-41(31)57)28-58(38)33-13-18-54(19-14-33)16-4-3-7-30-25-56(26-30)39-10-5-9-34-44(39)48(64)59(47(34)63)40-11-12-43(61)53-46(40)62/h5,9-10,21-24,30,33,40,42,45H,3-4,6-8,11-20,25-28,51H2,1-2H3,(H,53,61,62). The minimum atomic E-state index is -2.68. The highest BCUT2D eigenvalue weighted by atomic mass is 19.3. The number of aryl methyl sites for hydroxylation is 1.